The molecule has 2 aliphatic heterocycles. The average Bonchev–Trinajstić information content (AvgIpc) is 3.37. The van der Waals surface area contributed by atoms with E-state index in [1.54, 1.807) is 6.92 Å². The molecule has 3 fully saturated rings. The zero-order valence-corrected chi connectivity index (χ0v) is 26.7. The van der Waals surface area contributed by atoms with Crippen molar-refractivity contribution in [3.63, 3.8) is 0 Å². The lowest BCUT2D eigenvalue weighted by Crippen LogP contribution is -2.50. The lowest BCUT2D eigenvalue weighted by Gasteiger charge is -2.44. The van der Waals surface area contributed by atoms with Crippen molar-refractivity contribution < 1.29 is 24.2 Å². The van der Waals surface area contributed by atoms with Gasteiger partial charge in [0.15, 0.2) is 5.60 Å². The van der Waals surface area contributed by atoms with Gasteiger partial charge in [0.05, 0.1) is 20.3 Å². The molecule has 3 aliphatic carbocycles. The van der Waals surface area contributed by atoms with Gasteiger partial charge in [0.1, 0.15) is 0 Å². The highest BCUT2D eigenvalue weighted by Crippen LogP contribution is 2.61. The number of aliphatic hydroxyl groups excluding tert-OH is 1. The van der Waals surface area contributed by atoms with Gasteiger partial charge in [-0.2, -0.15) is 0 Å². The molecule has 2 heterocycles. The minimum absolute atomic E-state index is 0.0506. The molecule has 0 aromatic carbocycles. The van der Waals surface area contributed by atoms with Crippen molar-refractivity contribution >= 4 is 19.9 Å². The van der Waals surface area contributed by atoms with Crippen molar-refractivity contribution in [1.82, 2.24) is 10.2 Å². The first-order valence-electron chi connectivity index (χ1n) is 16.3. The van der Waals surface area contributed by atoms with Crippen molar-refractivity contribution in [3.05, 3.63) is 11.3 Å². The molecule has 0 aromatic rings. The van der Waals surface area contributed by atoms with Gasteiger partial charge in [-0.3, -0.25) is 9.59 Å². The number of carbonyl (C=O) groups excluding carboxylic acids is 2. The Hall–Kier alpha value is -1.22. The summed E-state index contributed by atoms with van der Waals surface area (Å²) >= 11 is 0. The summed E-state index contributed by atoms with van der Waals surface area (Å²) < 4.78 is 12.8. The number of aliphatic hydroxyl groups is 1. The Kier molecular flexibility index (Phi) is 9.21. The fourth-order valence-corrected chi connectivity index (χ4v) is 14.7. The van der Waals surface area contributed by atoms with E-state index in [1.165, 1.54) is 24.1 Å². The van der Waals surface area contributed by atoms with Crippen LogP contribution in [0.2, 0.25) is 24.2 Å². The second-order valence-electron chi connectivity index (χ2n) is 14.2. The van der Waals surface area contributed by atoms with E-state index >= 15 is 0 Å². The molecule has 0 aromatic heterocycles. The average molecular weight is 575 g/mol. The Balaban J connectivity index is 1.39. The van der Waals surface area contributed by atoms with Crippen LogP contribution in [-0.4, -0.2) is 74.0 Å². The molecular formula is C32H54N2O5Si. The molecule has 0 radical (unpaired) electrons. The summed E-state index contributed by atoms with van der Waals surface area (Å²) in [7, 11) is -0.0237. The number of ether oxygens (including phenoxy) is 2. The summed E-state index contributed by atoms with van der Waals surface area (Å²) in [5.41, 5.74) is 2.73. The number of carbonyl (C=O) groups is 2. The van der Waals surface area contributed by atoms with Gasteiger partial charge in [0, 0.05) is 44.8 Å². The lowest BCUT2D eigenvalue weighted by molar-refractivity contribution is -0.150. The number of allylic oxidation sites excluding steroid dienone is 1. The van der Waals surface area contributed by atoms with Crippen LogP contribution in [0.25, 0.3) is 0 Å². The molecule has 2 amide bonds. The van der Waals surface area contributed by atoms with Crippen LogP contribution in [0.1, 0.15) is 97.3 Å². The van der Waals surface area contributed by atoms with Gasteiger partial charge < -0.3 is 24.8 Å². The summed E-state index contributed by atoms with van der Waals surface area (Å²) in [5.74, 6) is 0.827. The van der Waals surface area contributed by atoms with Gasteiger partial charge in [-0.1, -0.05) is 32.9 Å². The third kappa shape index (κ3) is 5.35. The van der Waals surface area contributed by atoms with Crippen molar-refractivity contribution in [2.75, 3.05) is 20.3 Å². The minimum atomic E-state index is -1.86. The number of hydrogen-bond donors (Lipinski definition) is 2. The van der Waals surface area contributed by atoms with Crippen molar-refractivity contribution in [3.8, 4) is 0 Å². The third-order valence-corrected chi connectivity index (χ3v) is 17.0. The highest BCUT2D eigenvalue weighted by Gasteiger charge is 2.67. The van der Waals surface area contributed by atoms with Gasteiger partial charge in [0.25, 0.3) is 5.91 Å². The first-order chi connectivity index (χ1) is 19.1. The molecule has 0 bridgehead atoms. The topological polar surface area (TPSA) is 88.1 Å². The van der Waals surface area contributed by atoms with Crippen molar-refractivity contribution in [1.29, 1.82) is 0 Å². The third-order valence-electron chi connectivity index (χ3n) is 11.7. The van der Waals surface area contributed by atoms with Crippen LogP contribution in [0.15, 0.2) is 11.3 Å². The fraction of sp³-hybridized carbons (Fsp3) is 0.875. The summed E-state index contributed by atoms with van der Waals surface area (Å²) in [4.78, 5) is 28.4. The van der Waals surface area contributed by atoms with Gasteiger partial charge in [-0.15, -0.1) is 0 Å². The Labute approximate surface area is 242 Å². The summed E-state index contributed by atoms with van der Waals surface area (Å²) in [6, 6.07) is 0.267. The maximum absolute atomic E-state index is 14.7. The number of fused-ring (bicyclic) bond motifs is 1. The van der Waals surface area contributed by atoms with E-state index < -0.39 is 13.7 Å². The smallest absolute Gasteiger partial charge is 0.263 e. The van der Waals surface area contributed by atoms with Crippen LogP contribution < -0.4 is 5.32 Å². The van der Waals surface area contributed by atoms with Gasteiger partial charge in [-0.05, 0) is 93.2 Å². The van der Waals surface area contributed by atoms with Crippen LogP contribution in [0.3, 0.4) is 0 Å². The Bertz CT molecular complexity index is 968. The summed E-state index contributed by atoms with van der Waals surface area (Å²) in [6.45, 7) is 9.88. The predicted molar refractivity (Wildman–Crippen MR) is 159 cm³/mol. The molecule has 8 heteroatoms. The van der Waals surface area contributed by atoms with Crippen molar-refractivity contribution in [2.24, 2.45) is 11.8 Å². The molecule has 0 unspecified atom stereocenters. The first kappa shape index (κ1) is 30.2. The number of methoxy groups -OCH3 is 1. The Morgan fingerprint density at radius 3 is 2.40 bits per heavy atom. The van der Waals surface area contributed by atoms with Crippen LogP contribution in [0, 0.1) is 11.8 Å². The molecule has 5 rings (SSSR count). The van der Waals surface area contributed by atoms with Crippen LogP contribution in [0.5, 0.6) is 0 Å². The molecular weight excluding hydrogens is 520 g/mol. The largest absolute Gasteiger partial charge is 0.396 e. The predicted octanol–water partition coefficient (Wildman–Crippen LogP) is 5.55. The van der Waals surface area contributed by atoms with Crippen LogP contribution in [0.4, 0.5) is 0 Å². The van der Waals surface area contributed by atoms with E-state index in [1.807, 2.05) is 7.11 Å². The summed E-state index contributed by atoms with van der Waals surface area (Å²) in [5, 5.41) is 13.2. The lowest BCUT2D eigenvalue weighted by atomic mass is 9.78. The number of nitrogens with one attached hydrogen (secondary N) is 1. The van der Waals surface area contributed by atoms with E-state index in [0.29, 0.717) is 29.5 Å². The van der Waals surface area contributed by atoms with E-state index in [2.05, 4.69) is 30.2 Å². The second-order valence-corrected chi connectivity index (χ2v) is 19.3. The molecule has 1 saturated heterocycles. The standard InChI is InChI=1S/C32H54N2O5Si/c1-21-30(40(4,5)26-16-14-25(38-3)15-17-26)29(18-19-35)39-32(21)27-8-6-7-9-28(27)34(31(32)37)20-23-10-12-24(13-11-23)33-22(2)36/h21,23-26,29-30,35H,6-20H2,1-5H3,(H,33,36)/t21-,23?,24?,25?,26?,29+,30-,32+/m1/s1. The van der Waals surface area contributed by atoms with Crippen molar-refractivity contribution in [2.45, 2.75) is 145 Å². The van der Waals surface area contributed by atoms with Gasteiger partial charge in [-0.25, -0.2) is 0 Å². The fourth-order valence-electron chi connectivity index (χ4n) is 9.66. The normalized spacial score (nSPS) is 38.7. The Morgan fingerprint density at radius 1 is 1.10 bits per heavy atom. The second kappa shape index (κ2) is 12.2. The zero-order valence-electron chi connectivity index (χ0n) is 25.7. The van der Waals surface area contributed by atoms with E-state index in [9.17, 15) is 14.7 Å². The molecule has 2 saturated carbocycles. The molecule has 7 nitrogen and oxygen atoms in total. The molecule has 226 valence electrons. The molecule has 5 aliphatic rings. The van der Waals surface area contributed by atoms with Crippen LogP contribution >= 0.6 is 0 Å². The van der Waals surface area contributed by atoms with Gasteiger partial charge >= 0.3 is 0 Å². The maximum atomic E-state index is 14.7. The Morgan fingerprint density at radius 2 is 1.77 bits per heavy atom. The highest BCUT2D eigenvalue weighted by atomic mass is 28.3. The SMILES string of the molecule is COC1CCC([Si](C)(C)[C@H]2[C@H](CCO)O[C@@]3(C(=O)N(CC4CCC(NC(C)=O)CC4)C4=C3CCCC4)[C@@H]2C)CC1. The number of nitrogens with zero attached hydrogens (tertiary/aromatic N) is 1. The maximum Gasteiger partial charge on any atom is 0.263 e. The number of hydrogen-bond acceptors (Lipinski definition) is 5. The zero-order chi connectivity index (χ0) is 28.7. The molecule has 2 N–H and O–H groups in total. The van der Waals surface area contributed by atoms with Gasteiger partial charge in [0.2, 0.25) is 5.91 Å². The van der Waals surface area contributed by atoms with E-state index in [4.69, 9.17) is 9.47 Å². The number of rotatable bonds is 8. The monoisotopic (exact) mass is 574 g/mol. The summed E-state index contributed by atoms with van der Waals surface area (Å²) in [6.07, 6.45) is 13.8. The molecule has 1 spiro atoms. The quantitative estimate of drug-likeness (QED) is 0.372. The first-order valence-corrected chi connectivity index (χ1v) is 19.4. The van der Waals surface area contributed by atoms with E-state index in [0.717, 1.165) is 70.8 Å². The molecule has 40 heavy (non-hydrogen) atoms. The molecule has 4 atom stereocenters. The van der Waals surface area contributed by atoms with E-state index in [-0.39, 0.29) is 36.5 Å². The number of amides is 2. The highest BCUT2D eigenvalue weighted by molar-refractivity contribution is 6.80. The van der Waals surface area contributed by atoms with Crippen LogP contribution in [-0.2, 0) is 19.1 Å². The minimum Gasteiger partial charge on any atom is -0.396 e.